The molecule has 0 saturated heterocycles. The lowest BCUT2D eigenvalue weighted by molar-refractivity contribution is 1.04. The lowest BCUT2D eigenvalue weighted by Gasteiger charge is -1.84. The predicted molar refractivity (Wildman–Crippen MR) is 41.7 cm³/mol. The molecule has 6 nitrogen and oxygen atoms in total. The van der Waals surface area contributed by atoms with E-state index in [9.17, 15) is 0 Å². The van der Waals surface area contributed by atoms with E-state index < -0.39 is 0 Å². The van der Waals surface area contributed by atoms with Gasteiger partial charge in [0.15, 0.2) is 5.00 Å². The molecule has 1 aromatic heterocycles. The maximum Gasteiger partial charge on any atom is 0.168 e. The first-order valence-corrected chi connectivity index (χ1v) is 3.56. The molecule has 0 saturated carbocycles. The predicted octanol–water partition coefficient (Wildman–Crippen LogP) is 1.66. The van der Waals surface area contributed by atoms with Crippen molar-refractivity contribution in [3.05, 3.63) is 11.4 Å². The Bertz CT molecular complexity index is 249. The molecule has 0 aliphatic carbocycles. The summed E-state index contributed by atoms with van der Waals surface area (Å²) in [6.07, 6.45) is 0. The summed E-state index contributed by atoms with van der Waals surface area (Å²) in [6, 6.07) is 1.73. The number of nitrogens with zero attached hydrogens (tertiary/aromatic N) is 4. The second-order valence-corrected chi connectivity index (χ2v) is 2.44. The number of hydrogen-bond acceptors (Lipinski definition) is 5. The van der Waals surface area contributed by atoms with E-state index in [0.29, 0.717) is 10.7 Å². The van der Waals surface area contributed by atoms with Gasteiger partial charge in [-0.1, -0.05) is 10.4 Å². The lowest BCUT2D eigenvalue weighted by Crippen LogP contribution is -1.73. The van der Waals surface area contributed by atoms with Crippen molar-refractivity contribution in [3.63, 3.8) is 0 Å². The number of thiophene rings is 1. The zero-order valence-corrected chi connectivity index (χ0v) is 6.32. The summed E-state index contributed by atoms with van der Waals surface area (Å²) in [6.45, 7) is 0. The van der Waals surface area contributed by atoms with Crippen LogP contribution >= 0.6 is 11.3 Å². The first-order chi connectivity index (χ1) is 5.38. The fourth-order valence-corrected chi connectivity index (χ4v) is 1.21. The quantitative estimate of drug-likeness (QED) is 0.400. The largest absolute Gasteiger partial charge is 0.305 e. The van der Waals surface area contributed by atoms with Crippen LogP contribution in [0.25, 0.3) is 0 Å². The second-order valence-electron chi connectivity index (χ2n) is 1.54. The van der Waals surface area contributed by atoms with Gasteiger partial charge >= 0.3 is 0 Å². The van der Waals surface area contributed by atoms with Gasteiger partial charge < -0.3 is 11.7 Å². The molecule has 0 aromatic carbocycles. The van der Waals surface area contributed by atoms with Gasteiger partial charge in [-0.2, -0.15) is 0 Å². The Hall–Kier alpha value is -1.50. The highest BCUT2D eigenvalue weighted by Gasteiger charge is 2.00. The van der Waals surface area contributed by atoms with Crippen LogP contribution in [0.4, 0.5) is 10.7 Å². The normalized spacial score (nSPS) is 11.6. The first-order valence-electron chi connectivity index (χ1n) is 2.68. The van der Waals surface area contributed by atoms with Crippen molar-refractivity contribution in [2.24, 2.45) is 32.4 Å². The Balaban J connectivity index is 2.95. The van der Waals surface area contributed by atoms with Gasteiger partial charge in [-0.25, -0.2) is 0 Å². The Kier molecular flexibility index (Phi) is 2.50. The fraction of sp³-hybridized carbons (Fsp3) is 0. The van der Waals surface area contributed by atoms with Crippen LogP contribution in [-0.4, -0.2) is 0 Å². The van der Waals surface area contributed by atoms with Gasteiger partial charge in [-0.05, 0) is 11.4 Å². The molecule has 0 bridgehead atoms. The molecule has 1 aromatic rings. The van der Waals surface area contributed by atoms with Crippen LogP contribution in [0.15, 0.2) is 32.1 Å². The van der Waals surface area contributed by atoms with Gasteiger partial charge in [0.05, 0.1) is 0 Å². The minimum Gasteiger partial charge on any atom is -0.305 e. The average Bonchev–Trinajstić information content (AvgIpc) is 2.39. The van der Waals surface area contributed by atoms with Crippen LogP contribution in [0.1, 0.15) is 0 Å². The number of rotatable bonds is 2. The maximum atomic E-state index is 4.85. The van der Waals surface area contributed by atoms with Crippen molar-refractivity contribution in [2.75, 3.05) is 0 Å². The smallest absolute Gasteiger partial charge is 0.168 e. The molecule has 0 unspecified atom stereocenters. The van der Waals surface area contributed by atoms with Crippen molar-refractivity contribution >= 4 is 22.0 Å². The summed E-state index contributed by atoms with van der Waals surface area (Å²) in [7, 11) is 0. The Morgan fingerprint density at radius 2 is 1.91 bits per heavy atom. The van der Waals surface area contributed by atoms with E-state index in [-0.39, 0.29) is 0 Å². The highest BCUT2D eigenvalue weighted by Crippen LogP contribution is 2.33. The molecule has 1 heterocycles. The molecule has 0 radical (unpaired) electrons. The monoisotopic (exact) mass is 170 g/mol. The minimum atomic E-state index is 0.576. The standard InChI is InChI=1S/C4H6N6S/c5-9-7-3-1-2-11-4(3)8-10-6/h1-2H,(H2,5,7)(H2,6,8). The van der Waals surface area contributed by atoms with E-state index in [1.54, 1.807) is 11.4 Å². The topological polar surface area (TPSA) is 101 Å². The molecular formula is C4H6N6S. The molecule has 11 heavy (non-hydrogen) atoms. The van der Waals surface area contributed by atoms with E-state index in [4.69, 9.17) is 11.7 Å². The fourth-order valence-electron chi connectivity index (χ4n) is 0.560. The Morgan fingerprint density at radius 1 is 1.18 bits per heavy atom. The summed E-state index contributed by atoms with van der Waals surface area (Å²) in [5, 5.41) is 15.8. The van der Waals surface area contributed by atoms with Crippen LogP contribution < -0.4 is 11.7 Å². The van der Waals surface area contributed by atoms with Gasteiger partial charge in [0.25, 0.3) is 0 Å². The van der Waals surface area contributed by atoms with Crippen molar-refractivity contribution in [3.8, 4) is 0 Å². The molecule has 0 fully saturated rings. The van der Waals surface area contributed by atoms with E-state index in [1.165, 1.54) is 11.3 Å². The summed E-state index contributed by atoms with van der Waals surface area (Å²) in [5.74, 6) is 9.69. The number of nitrogens with two attached hydrogens (primary N) is 2. The molecule has 0 spiro atoms. The third-order valence-electron chi connectivity index (χ3n) is 0.939. The molecule has 7 heteroatoms. The highest BCUT2D eigenvalue weighted by atomic mass is 32.1. The van der Waals surface area contributed by atoms with Crippen LogP contribution in [-0.2, 0) is 0 Å². The molecule has 0 atom stereocenters. The average molecular weight is 170 g/mol. The minimum absolute atomic E-state index is 0.576. The van der Waals surface area contributed by atoms with Crippen LogP contribution in [0.2, 0.25) is 0 Å². The Morgan fingerprint density at radius 3 is 2.55 bits per heavy atom. The summed E-state index contributed by atoms with van der Waals surface area (Å²) in [4.78, 5) is 0. The van der Waals surface area contributed by atoms with Gasteiger partial charge in [0.1, 0.15) is 5.69 Å². The Labute approximate surface area is 66.6 Å². The van der Waals surface area contributed by atoms with Crippen molar-refractivity contribution < 1.29 is 0 Å². The highest BCUT2D eigenvalue weighted by molar-refractivity contribution is 7.14. The van der Waals surface area contributed by atoms with Crippen LogP contribution in [0.5, 0.6) is 0 Å². The third-order valence-corrected chi connectivity index (χ3v) is 1.72. The van der Waals surface area contributed by atoms with Crippen LogP contribution in [0.3, 0.4) is 0 Å². The summed E-state index contributed by atoms with van der Waals surface area (Å²) in [5.41, 5.74) is 0.576. The molecule has 58 valence electrons. The SMILES string of the molecule is NN=Nc1ccsc1N=NN. The van der Waals surface area contributed by atoms with E-state index in [0.717, 1.165) is 0 Å². The molecule has 0 aliphatic heterocycles. The summed E-state index contributed by atoms with van der Waals surface area (Å²) >= 11 is 1.36. The summed E-state index contributed by atoms with van der Waals surface area (Å²) < 4.78 is 0. The third kappa shape index (κ3) is 1.71. The zero-order valence-electron chi connectivity index (χ0n) is 5.51. The van der Waals surface area contributed by atoms with Gasteiger partial charge in [-0.15, -0.1) is 21.6 Å². The van der Waals surface area contributed by atoms with Gasteiger partial charge in [0.2, 0.25) is 0 Å². The lowest BCUT2D eigenvalue weighted by atomic mass is 10.5. The van der Waals surface area contributed by atoms with Crippen molar-refractivity contribution in [1.82, 2.24) is 0 Å². The van der Waals surface area contributed by atoms with E-state index in [1.807, 2.05) is 0 Å². The maximum absolute atomic E-state index is 4.85. The number of hydrogen-bond donors (Lipinski definition) is 2. The van der Waals surface area contributed by atoms with E-state index in [2.05, 4.69) is 20.7 Å². The molecule has 1 rings (SSSR count). The molecule has 0 aliphatic rings. The second kappa shape index (κ2) is 3.62. The van der Waals surface area contributed by atoms with Gasteiger partial charge in [0, 0.05) is 0 Å². The molecule has 4 N–H and O–H groups in total. The first kappa shape index (κ1) is 7.61. The molecule has 0 amide bonds. The van der Waals surface area contributed by atoms with Crippen molar-refractivity contribution in [2.45, 2.75) is 0 Å². The van der Waals surface area contributed by atoms with Crippen LogP contribution in [0, 0.1) is 0 Å². The molecular weight excluding hydrogens is 164 g/mol. The van der Waals surface area contributed by atoms with E-state index >= 15 is 0 Å². The zero-order chi connectivity index (χ0) is 8.10. The van der Waals surface area contributed by atoms with Gasteiger partial charge in [-0.3, -0.25) is 0 Å². The van der Waals surface area contributed by atoms with Crippen molar-refractivity contribution in [1.29, 1.82) is 0 Å².